The van der Waals surface area contributed by atoms with E-state index in [0.717, 1.165) is 0 Å². The molecule has 1 aromatic carbocycles. The van der Waals surface area contributed by atoms with Gasteiger partial charge in [0.25, 0.3) is 10.1 Å². The Balaban J connectivity index is 2.14. The number of benzene rings is 1. The Morgan fingerprint density at radius 2 is 1.31 bits per heavy atom. The van der Waals surface area contributed by atoms with Crippen LogP contribution in [0.1, 0.15) is 111 Å². The fraction of sp³-hybridized carbons (Fsp3) is 0.706. The van der Waals surface area contributed by atoms with Crippen molar-refractivity contribution in [2.75, 3.05) is 6.26 Å². The van der Waals surface area contributed by atoms with Crippen LogP contribution in [0.2, 0.25) is 0 Å². The molecular weight excluding hydrogens is 519 g/mol. The van der Waals surface area contributed by atoms with Crippen LogP contribution >= 0.6 is 7.92 Å². The summed E-state index contributed by atoms with van der Waals surface area (Å²) >= 11 is 0. The molecule has 1 aromatic rings. The molecule has 0 aliphatic heterocycles. The van der Waals surface area contributed by atoms with Gasteiger partial charge in [0.2, 0.25) is 0 Å². The maximum Gasteiger partial charge on any atom is 0.265 e. The van der Waals surface area contributed by atoms with Crippen LogP contribution in [0, 0.1) is 17.8 Å². The smallest absolute Gasteiger partial charge is 0.261 e. The molecule has 2 fully saturated rings. The Hall–Kier alpha value is -0.960. The minimum Gasteiger partial charge on any atom is -0.261 e. The minimum atomic E-state index is -3.69. The third-order valence-corrected chi connectivity index (χ3v) is 14.6. The Bertz CT molecular complexity index is 1100. The highest BCUT2D eigenvalue weighted by Crippen LogP contribution is 2.73. The summed E-state index contributed by atoms with van der Waals surface area (Å²) in [6.45, 7) is 13.8. The standard InChI is InChI=1S/C34H53O3PS/c1-24(2)30-23-31(25(3)4)33(37-39(7,35)36)34(26(5)6,32(30)27-17-11-8-12-18-27)38(28-19-13-9-14-20-28)29-21-15-10-16-22-29/h8,11-12,17-18,23-26,28-29,33H,9-10,13-16,19-22H2,1-7H3. The van der Waals surface area contributed by atoms with E-state index in [1.165, 1.54) is 92.7 Å². The molecule has 0 bridgehead atoms. The predicted molar refractivity (Wildman–Crippen MR) is 169 cm³/mol. The average Bonchev–Trinajstić information content (AvgIpc) is 2.89. The lowest BCUT2D eigenvalue weighted by Gasteiger charge is -2.59. The molecule has 218 valence electrons. The van der Waals surface area contributed by atoms with Crippen LogP contribution in [0.3, 0.4) is 0 Å². The Labute approximate surface area is 241 Å². The topological polar surface area (TPSA) is 43.4 Å². The molecule has 0 N–H and O–H groups in total. The van der Waals surface area contributed by atoms with Crippen LogP contribution in [-0.4, -0.2) is 37.3 Å². The van der Waals surface area contributed by atoms with Gasteiger partial charge in [0, 0.05) is 0 Å². The van der Waals surface area contributed by atoms with Crippen molar-refractivity contribution in [3.05, 3.63) is 53.1 Å². The lowest BCUT2D eigenvalue weighted by molar-refractivity contribution is 0.179. The minimum absolute atomic E-state index is 0.204. The highest BCUT2D eigenvalue weighted by atomic mass is 32.2. The van der Waals surface area contributed by atoms with Crippen LogP contribution in [0.25, 0.3) is 5.57 Å². The first-order chi connectivity index (χ1) is 18.5. The van der Waals surface area contributed by atoms with Crippen molar-refractivity contribution < 1.29 is 12.6 Å². The van der Waals surface area contributed by atoms with Crippen LogP contribution in [0.15, 0.2) is 47.6 Å². The molecule has 3 aliphatic carbocycles. The Morgan fingerprint density at radius 1 is 0.795 bits per heavy atom. The first kappa shape index (κ1) is 31.0. The van der Waals surface area contributed by atoms with E-state index in [1.807, 2.05) is 0 Å². The van der Waals surface area contributed by atoms with Gasteiger partial charge < -0.3 is 0 Å². The van der Waals surface area contributed by atoms with Crippen molar-refractivity contribution in [2.24, 2.45) is 17.8 Å². The monoisotopic (exact) mass is 572 g/mol. The van der Waals surface area contributed by atoms with Crippen LogP contribution in [-0.2, 0) is 14.3 Å². The van der Waals surface area contributed by atoms with Gasteiger partial charge in [-0.25, -0.2) is 0 Å². The number of allylic oxidation sites excluding steroid dienone is 2. The molecule has 0 radical (unpaired) electrons. The SMILES string of the molecule is CC(C)C1=CC(C(C)C)=C(c2ccccc2)C(C(C)C)(P(C2CCCCC2)C2CCCCC2)C1OS(C)(=O)=O. The van der Waals surface area contributed by atoms with E-state index < -0.39 is 24.1 Å². The summed E-state index contributed by atoms with van der Waals surface area (Å²) in [5, 5.41) is -0.363. The van der Waals surface area contributed by atoms with E-state index in [0.29, 0.717) is 17.2 Å². The molecule has 3 aliphatic rings. The Morgan fingerprint density at radius 3 is 1.72 bits per heavy atom. The molecule has 0 aromatic heterocycles. The molecule has 4 rings (SSSR count). The predicted octanol–water partition coefficient (Wildman–Crippen LogP) is 9.58. The maximum atomic E-state index is 13.2. The number of hydrogen-bond donors (Lipinski definition) is 0. The molecule has 39 heavy (non-hydrogen) atoms. The average molecular weight is 573 g/mol. The van der Waals surface area contributed by atoms with Crippen LogP contribution in [0.5, 0.6) is 0 Å². The fourth-order valence-corrected chi connectivity index (χ4v) is 13.9. The fourth-order valence-electron chi connectivity index (χ4n) is 7.95. The van der Waals surface area contributed by atoms with Crippen molar-refractivity contribution in [2.45, 2.75) is 128 Å². The molecule has 0 spiro atoms. The van der Waals surface area contributed by atoms with Crippen molar-refractivity contribution in [1.29, 1.82) is 0 Å². The van der Waals surface area contributed by atoms with E-state index in [9.17, 15) is 8.42 Å². The van der Waals surface area contributed by atoms with E-state index >= 15 is 0 Å². The molecule has 0 saturated heterocycles. The first-order valence-electron chi connectivity index (χ1n) is 15.7. The van der Waals surface area contributed by atoms with Crippen LogP contribution in [0.4, 0.5) is 0 Å². The number of hydrogen-bond acceptors (Lipinski definition) is 3. The quantitative estimate of drug-likeness (QED) is 0.219. The second kappa shape index (κ2) is 12.9. The van der Waals surface area contributed by atoms with E-state index in [1.54, 1.807) is 0 Å². The largest absolute Gasteiger partial charge is 0.265 e. The second-order valence-corrected chi connectivity index (χ2v) is 17.9. The van der Waals surface area contributed by atoms with Gasteiger partial charge >= 0.3 is 0 Å². The first-order valence-corrected chi connectivity index (χ1v) is 19.0. The van der Waals surface area contributed by atoms with E-state index in [-0.39, 0.29) is 17.0 Å². The second-order valence-electron chi connectivity index (χ2n) is 13.3. The highest BCUT2D eigenvalue weighted by molar-refractivity contribution is 7.86. The van der Waals surface area contributed by atoms with E-state index in [2.05, 4.69) is 78.0 Å². The number of rotatable bonds is 9. The summed E-state index contributed by atoms with van der Waals surface area (Å²) in [6, 6.07) is 11.0. The van der Waals surface area contributed by atoms with Gasteiger partial charge in [-0.2, -0.15) is 8.42 Å². The van der Waals surface area contributed by atoms with Crippen molar-refractivity contribution in [3.63, 3.8) is 0 Å². The summed E-state index contributed by atoms with van der Waals surface area (Å²) in [5.41, 5.74) is 6.54. The lowest BCUT2D eigenvalue weighted by atomic mass is 9.68. The summed E-state index contributed by atoms with van der Waals surface area (Å²) in [6.07, 6.45) is 16.1. The third kappa shape index (κ3) is 6.44. The van der Waals surface area contributed by atoms with Crippen LogP contribution < -0.4 is 0 Å². The molecule has 0 amide bonds. The molecule has 2 unspecified atom stereocenters. The van der Waals surface area contributed by atoms with Gasteiger partial charge in [0.1, 0.15) is 6.10 Å². The highest BCUT2D eigenvalue weighted by Gasteiger charge is 2.59. The molecule has 2 saturated carbocycles. The van der Waals surface area contributed by atoms with Crippen molar-refractivity contribution in [3.8, 4) is 0 Å². The van der Waals surface area contributed by atoms with Crippen molar-refractivity contribution >= 4 is 23.6 Å². The zero-order valence-corrected chi connectivity index (χ0v) is 27.3. The zero-order valence-electron chi connectivity index (χ0n) is 25.6. The summed E-state index contributed by atoms with van der Waals surface area (Å²) in [4.78, 5) is 0. The lowest BCUT2D eigenvalue weighted by Crippen LogP contribution is -2.55. The van der Waals surface area contributed by atoms with Gasteiger partial charge in [0.15, 0.2) is 0 Å². The normalized spacial score (nSPS) is 26.2. The van der Waals surface area contributed by atoms with E-state index in [4.69, 9.17) is 4.18 Å². The molecule has 0 heterocycles. The Kier molecular flexibility index (Phi) is 10.3. The summed E-state index contributed by atoms with van der Waals surface area (Å²) in [5.74, 6) is 0.780. The van der Waals surface area contributed by atoms with Gasteiger partial charge in [-0.3, -0.25) is 4.18 Å². The van der Waals surface area contributed by atoms with Gasteiger partial charge in [-0.05, 0) is 77.0 Å². The molecule has 5 heteroatoms. The molecular formula is C34H53O3PS. The van der Waals surface area contributed by atoms with Crippen molar-refractivity contribution in [1.82, 2.24) is 0 Å². The molecule has 2 atom stereocenters. The maximum absolute atomic E-state index is 13.2. The van der Waals surface area contributed by atoms with Gasteiger partial charge in [-0.15, -0.1) is 0 Å². The summed E-state index contributed by atoms with van der Waals surface area (Å²) < 4.78 is 32.8. The molecule has 3 nitrogen and oxygen atoms in total. The third-order valence-electron chi connectivity index (χ3n) is 9.58. The van der Waals surface area contributed by atoms with Gasteiger partial charge in [0.05, 0.1) is 11.4 Å². The zero-order chi connectivity index (χ0) is 28.4. The van der Waals surface area contributed by atoms with Gasteiger partial charge in [-0.1, -0.05) is 124 Å². The summed E-state index contributed by atoms with van der Waals surface area (Å²) in [7, 11) is -4.27.